The SMILES string of the molecule is O=C1N(c2ccccc2)C(=O)C(O)(c2c3ccccc3cc3ccccc23)N1c1ccccc1. The maximum Gasteiger partial charge on any atom is 0.339 e. The second-order valence-corrected chi connectivity index (χ2v) is 8.30. The first-order valence-electron chi connectivity index (χ1n) is 11.0. The number of hydrogen-bond donors (Lipinski definition) is 1. The van der Waals surface area contributed by atoms with Gasteiger partial charge in [0.15, 0.2) is 0 Å². The van der Waals surface area contributed by atoms with Gasteiger partial charge in [-0.05, 0) is 51.9 Å². The summed E-state index contributed by atoms with van der Waals surface area (Å²) < 4.78 is 0. The van der Waals surface area contributed by atoms with Crippen LogP contribution in [0.15, 0.2) is 115 Å². The van der Waals surface area contributed by atoms with Crippen LogP contribution in [0.2, 0.25) is 0 Å². The van der Waals surface area contributed by atoms with Crippen molar-refractivity contribution in [3.8, 4) is 0 Å². The van der Waals surface area contributed by atoms with Gasteiger partial charge in [0.2, 0.25) is 0 Å². The van der Waals surface area contributed by atoms with E-state index in [4.69, 9.17) is 0 Å². The van der Waals surface area contributed by atoms with Crippen LogP contribution in [0.25, 0.3) is 21.5 Å². The Hall–Kier alpha value is -4.48. The minimum absolute atomic E-state index is 0.391. The Morgan fingerprint density at radius 1 is 0.588 bits per heavy atom. The second kappa shape index (κ2) is 7.54. The maximum atomic E-state index is 14.1. The number of aliphatic hydroxyl groups is 1. The zero-order valence-corrected chi connectivity index (χ0v) is 18.1. The van der Waals surface area contributed by atoms with Crippen LogP contribution in [0.3, 0.4) is 0 Å². The number of carbonyl (C=O) groups is 2. The van der Waals surface area contributed by atoms with Crippen molar-refractivity contribution < 1.29 is 14.7 Å². The van der Waals surface area contributed by atoms with Gasteiger partial charge in [0.25, 0.3) is 11.6 Å². The minimum atomic E-state index is -2.26. The molecule has 5 aromatic rings. The molecule has 3 amide bonds. The van der Waals surface area contributed by atoms with Crippen LogP contribution in [0.5, 0.6) is 0 Å². The molecule has 1 aliphatic rings. The van der Waals surface area contributed by atoms with Gasteiger partial charge in [-0.2, -0.15) is 0 Å². The molecule has 34 heavy (non-hydrogen) atoms. The lowest BCUT2D eigenvalue weighted by molar-refractivity contribution is -0.133. The van der Waals surface area contributed by atoms with Crippen molar-refractivity contribution in [3.63, 3.8) is 0 Å². The molecular formula is C29H20N2O3. The zero-order chi connectivity index (χ0) is 23.3. The van der Waals surface area contributed by atoms with Crippen LogP contribution in [0, 0.1) is 0 Å². The summed E-state index contributed by atoms with van der Waals surface area (Å²) in [7, 11) is 0. The molecule has 0 bridgehead atoms. The van der Waals surface area contributed by atoms with Gasteiger partial charge >= 0.3 is 6.03 Å². The largest absolute Gasteiger partial charge is 0.359 e. The van der Waals surface area contributed by atoms with Crippen LogP contribution < -0.4 is 9.80 Å². The number of amides is 3. The zero-order valence-electron chi connectivity index (χ0n) is 18.1. The average Bonchev–Trinajstić information content (AvgIpc) is 3.08. The molecular weight excluding hydrogens is 424 g/mol. The van der Waals surface area contributed by atoms with Gasteiger partial charge in [-0.3, -0.25) is 9.69 Å². The topological polar surface area (TPSA) is 60.9 Å². The fraction of sp³-hybridized carbons (Fsp3) is 0.0345. The van der Waals surface area contributed by atoms with E-state index in [0.29, 0.717) is 27.7 Å². The van der Waals surface area contributed by atoms with Crippen LogP contribution in [-0.2, 0) is 10.5 Å². The van der Waals surface area contributed by atoms with Gasteiger partial charge in [0.1, 0.15) is 0 Å². The summed E-state index contributed by atoms with van der Waals surface area (Å²) in [5.74, 6) is -0.714. The van der Waals surface area contributed by atoms with Crippen molar-refractivity contribution >= 4 is 44.9 Å². The number of fused-ring (bicyclic) bond motifs is 2. The summed E-state index contributed by atoms with van der Waals surface area (Å²) in [6, 6.07) is 34.1. The first kappa shape index (κ1) is 20.1. The Morgan fingerprint density at radius 2 is 1.06 bits per heavy atom. The van der Waals surface area contributed by atoms with Crippen LogP contribution in [-0.4, -0.2) is 17.0 Å². The summed E-state index contributed by atoms with van der Waals surface area (Å²) in [5.41, 5.74) is -1.03. The van der Waals surface area contributed by atoms with Gasteiger partial charge in [0.05, 0.1) is 5.69 Å². The Bertz CT molecular complexity index is 1510. The number of hydrogen-bond acceptors (Lipinski definition) is 3. The lowest BCUT2D eigenvalue weighted by Crippen LogP contribution is -2.47. The summed E-state index contributed by atoms with van der Waals surface area (Å²) >= 11 is 0. The van der Waals surface area contributed by atoms with Gasteiger partial charge < -0.3 is 5.11 Å². The highest BCUT2D eigenvalue weighted by Crippen LogP contribution is 2.45. The van der Waals surface area contributed by atoms with Crippen molar-refractivity contribution in [2.75, 3.05) is 9.80 Å². The summed E-state index contributed by atoms with van der Waals surface area (Å²) in [6.07, 6.45) is 0. The average molecular weight is 444 g/mol. The van der Waals surface area contributed by atoms with Crippen LogP contribution in [0.1, 0.15) is 5.56 Å². The lowest BCUT2D eigenvalue weighted by atomic mass is 9.88. The third kappa shape index (κ3) is 2.77. The molecule has 0 aromatic heterocycles. The van der Waals surface area contributed by atoms with E-state index in [1.54, 1.807) is 48.5 Å². The van der Waals surface area contributed by atoms with Crippen molar-refractivity contribution in [3.05, 3.63) is 121 Å². The summed E-state index contributed by atoms with van der Waals surface area (Å²) in [6.45, 7) is 0. The highest BCUT2D eigenvalue weighted by atomic mass is 16.3. The number of urea groups is 1. The van der Waals surface area contributed by atoms with Gasteiger partial charge in [-0.15, -0.1) is 0 Å². The van der Waals surface area contributed by atoms with Gasteiger partial charge in [0, 0.05) is 11.3 Å². The third-order valence-corrected chi connectivity index (χ3v) is 6.36. The molecule has 1 saturated heterocycles. The van der Waals surface area contributed by atoms with E-state index in [1.807, 2.05) is 66.7 Å². The van der Waals surface area contributed by atoms with E-state index in [2.05, 4.69) is 0 Å². The van der Waals surface area contributed by atoms with Crippen LogP contribution in [0.4, 0.5) is 16.2 Å². The number of rotatable bonds is 3. The van der Waals surface area contributed by atoms with Gasteiger partial charge in [-0.25, -0.2) is 9.69 Å². The molecule has 1 heterocycles. The molecule has 1 fully saturated rings. The van der Waals surface area contributed by atoms with Gasteiger partial charge in [-0.1, -0.05) is 84.9 Å². The first-order chi connectivity index (χ1) is 16.6. The molecule has 1 unspecified atom stereocenters. The molecule has 1 aliphatic heterocycles. The first-order valence-corrected chi connectivity index (χ1v) is 11.0. The number of nitrogens with zero attached hydrogens (tertiary/aromatic N) is 2. The van der Waals surface area contributed by atoms with Crippen molar-refractivity contribution in [2.24, 2.45) is 0 Å². The molecule has 5 heteroatoms. The maximum absolute atomic E-state index is 14.1. The standard InChI is InChI=1S/C29H20N2O3/c32-27-29(34,26-24-17-9-7-11-20(24)19-21-12-8-10-18-25(21)26)31(23-15-5-2-6-16-23)28(33)30(27)22-13-3-1-4-14-22/h1-19,34H. The second-order valence-electron chi connectivity index (χ2n) is 8.30. The molecule has 5 nitrogen and oxygen atoms in total. The lowest BCUT2D eigenvalue weighted by Gasteiger charge is -2.32. The van der Waals surface area contributed by atoms with E-state index >= 15 is 0 Å². The smallest absolute Gasteiger partial charge is 0.339 e. The number of carbonyl (C=O) groups excluding carboxylic acids is 2. The minimum Gasteiger partial charge on any atom is -0.359 e. The Kier molecular flexibility index (Phi) is 4.47. The van der Waals surface area contributed by atoms with E-state index < -0.39 is 17.7 Å². The Labute approximate surface area is 196 Å². The molecule has 1 atom stereocenters. The molecule has 6 rings (SSSR count). The predicted octanol–water partition coefficient (Wildman–Crippen LogP) is 5.81. The number of benzene rings is 5. The van der Waals surface area contributed by atoms with E-state index in [-0.39, 0.29) is 0 Å². The molecule has 0 aliphatic carbocycles. The predicted molar refractivity (Wildman–Crippen MR) is 134 cm³/mol. The fourth-order valence-corrected chi connectivity index (χ4v) is 4.86. The third-order valence-electron chi connectivity index (χ3n) is 6.36. The van der Waals surface area contributed by atoms with E-state index in [0.717, 1.165) is 15.7 Å². The molecule has 5 aromatic carbocycles. The van der Waals surface area contributed by atoms with Crippen LogP contribution >= 0.6 is 0 Å². The molecule has 164 valence electrons. The normalized spacial score (nSPS) is 18.3. The summed E-state index contributed by atoms with van der Waals surface area (Å²) in [4.78, 5) is 30.2. The summed E-state index contributed by atoms with van der Waals surface area (Å²) in [5, 5.41) is 15.6. The van der Waals surface area contributed by atoms with Crippen molar-refractivity contribution in [1.82, 2.24) is 0 Å². The van der Waals surface area contributed by atoms with Crippen molar-refractivity contribution in [2.45, 2.75) is 5.72 Å². The molecule has 0 saturated carbocycles. The number of para-hydroxylation sites is 2. The highest BCUT2D eigenvalue weighted by molar-refractivity contribution is 6.31. The fourth-order valence-electron chi connectivity index (χ4n) is 4.86. The molecule has 0 radical (unpaired) electrons. The highest BCUT2D eigenvalue weighted by Gasteiger charge is 2.60. The molecule has 0 spiro atoms. The van der Waals surface area contributed by atoms with E-state index in [1.165, 1.54) is 4.90 Å². The van der Waals surface area contributed by atoms with E-state index in [9.17, 15) is 14.7 Å². The monoisotopic (exact) mass is 444 g/mol. The Balaban J connectivity index is 1.72. The quantitative estimate of drug-likeness (QED) is 0.282. The number of imide groups is 1. The molecule has 1 N–H and O–H groups in total. The Morgan fingerprint density at radius 3 is 1.62 bits per heavy atom. The van der Waals surface area contributed by atoms with Crippen molar-refractivity contribution in [1.29, 1.82) is 0 Å². The number of anilines is 2.